The van der Waals surface area contributed by atoms with Crippen molar-refractivity contribution in [2.75, 3.05) is 18.0 Å². The Morgan fingerprint density at radius 3 is 2.39 bits per heavy atom. The van der Waals surface area contributed by atoms with Crippen LogP contribution in [0.2, 0.25) is 0 Å². The lowest BCUT2D eigenvalue weighted by Crippen LogP contribution is -2.41. The normalized spacial score (nSPS) is 14.8. The SMILES string of the molecule is C/C=C(\C1CCN(C(=O)c2cccc(C)c2/C=C\CC)CC1)N(Cc1cccc(F)c1)c1ccccc1C. The Morgan fingerprint density at radius 2 is 1.71 bits per heavy atom. The van der Waals surface area contributed by atoms with Gasteiger partial charge in [0.05, 0.1) is 0 Å². The van der Waals surface area contributed by atoms with Gasteiger partial charge in [-0.05, 0) is 86.6 Å². The Morgan fingerprint density at radius 1 is 1.00 bits per heavy atom. The maximum absolute atomic E-state index is 14.0. The van der Waals surface area contributed by atoms with Gasteiger partial charge in [-0.15, -0.1) is 0 Å². The van der Waals surface area contributed by atoms with Crippen LogP contribution in [-0.4, -0.2) is 23.9 Å². The van der Waals surface area contributed by atoms with E-state index >= 15 is 0 Å². The van der Waals surface area contributed by atoms with E-state index in [-0.39, 0.29) is 11.7 Å². The van der Waals surface area contributed by atoms with Crippen molar-refractivity contribution in [2.45, 2.75) is 53.5 Å². The van der Waals surface area contributed by atoms with Crippen LogP contribution in [0.3, 0.4) is 0 Å². The van der Waals surface area contributed by atoms with E-state index in [0.29, 0.717) is 25.6 Å². The maximum atomic E-state index is 14.0. The van der Waals surface area contributed by atoms with Crippen LogP contribution in [0.5, 0.6) is 0 Å². The topological polar surface area (TPSA) is 23.6 Å². The number of aryl methyl sites for hydroxylation is 2. The van der Waals surface area contributed by atoms with Gasteiger partial charge >= 0.3 is 0 Å². The van der Waals surface area contributed by atoms with Crippen molar-refractivity contribution in [3.63, 3.8) is 0 Å². The van der Waals surface area contributed by atoms with Crippen molar-refractivity contribution in [1.82, 2.24) is 4.90 Å². The average Bonchev–Trinajstić information content (AvgIpc) is 2.92. The number of hydrogen-bond acceptors (Lipinski definition) is 2. The van der Waals surface area contributed by atoms with E-state index in [4.69, 9.17) is 0 Å². The number of carbonyl (C=O) groups is 1. The van der Waals surface area contributed by atoms with E-state index < -0.39 is 0 Å². The predicted octanol–water partition coefficient (Wildman–Crippen LogP) is 8.33. The molecule has 1 aliphatic rings. The largest absolute Gasteiger partial charge is 0.341 e. The second-order valence-corrected chi connectivity index (χ2v) is 10.1. The summed E-state index contributed by atoms with van der Waals surface area (Å²) in [6, 6.07) is 21.2. The summed E-state index contributed by atoms with van der Waals surface area (Å²) < 4.78 is 14.0. The minimum Gasteiger partial charge on any atom is -0.341 e. The molecular formula is C34H39FN2O. The molecule has 0 N–H and O–H groups in total. The molecule has 38 heavy (non-hydrogen) atoms. The van der Waals surface area contributed by atoms with Crippen LogP contribution < -0.4 is 4.90 Å². The van der Waals surface area contributed by atoms with Gasteiger partial charge in [-0.3, -0.25) is 4.79 Å². The number of para-hydroxylation sites is 1. The molecule has 3 aromatic rings. The summed E-state index contributed by atoms with van der Waals surface area (Å²) in [5, 5.41) is 0. The number of carbonyl (C=O) groups excluding carboxylic acids is 1. The number of likely N-dealkylation sites (tertiary alicyclic amines) is 1. The van der Waals surface area contributed by atoms with Gasteiger partial charge in [0, 0.05) is 42.5 Å². The van der Waals surface area contributed by atoms with Gasteiger partial charge < -0.3 is 9.80 Å². The maximum Gasteiger partial charge on any atom is 0.254 e. The fourth-order valence-electron chi connectivity index (χ4n) is 5.48. The zero-order valence-electron chi connectivity index (χ0n) is 23.1. The van der Waals surface area contributed by atoms with Crippen molar-refractivity contribution in [3.05, 3.63) is 118 Å². The Bertz CT molecular complexity index is 1320. The van der Waals surface area contributed by atoms with Gasteiger partial charge in [-0.1, -0.05) is 67.6 Å². The van der Waals surface area contributed by atoms with Crippen molar-refractivity contribution in [3.8, 4) is 0 Å². The lowest BCUT2D eigenvalue weighted by Gasteiger charge is -2.38. The van der Waals surface area contributed by atoms with Crippen molar-refractivity contribution >= 4 is 17.7 Å². The molecule has 198 valence electrons. The number of anilines is 1. The highest BCUT2D eigenvalue weighted by molar-refractivity contribution is 5.98. The van der Waals surface area contributed by atoms with E-state index in [1.165, 1.54) is 17.3 Å². The lowest BCUT2D eigenvalue weighted by atomic mass is 9.90. The summed E-state index contributed by atoms with van der Waals surface area (Å²) in [7, 11) is 0. The smallest absolute Gasteiger partial charge is 0.254 e. The highest BCUT2D eigenvalue weighted by Crippen LogP contribution is 2.34. The highest BCUT2D eigenvalue weighted by atomic mass is 19.1. The zero-order valence-corrected chi connectivity index (χ0v) is 23.1. The van der Waals surface area contributed by atoms with Gasteiger partial charge in [0.25, 0.3) is 5.91 Å². The molecule has 0 radical (unpaired) electrons. The summed E-state index contributed by atoms with van der Waals surface area (Å²) in [6.07, 6.45) is 9.11. The van der Waals surface area contributed by atoms with Crippen LogP contribution in [0.1, 0.15) is 65.7 Å². The second-order valence-electron chi connectivity index (χ2n) is 10.1. The molecule has 4 heteroatoms. The predicted molar refractivity (Wildman–Crippen MR) is 157 cm³/mol. The third-order valence-electron chi connectivity index (χ3n) is 7.52. The van der Waals surface area contributed by atoms with Gasteiger partial charge in [-0.2, -0.15) is 0 Å². The zero-order chi connectivity index (χ0) is 27.1. The van der Waals surface area contributed by atoms with Gasteiger partial charge in [0.15, 0.2) is 0 Å². The van der Waals surface area contributed by atoms with E-state index in [1.807, 2.05) is 29.2 Å². The van der Waals surface area contributed by atoms with Crippen molar-refractivity contribution < 1.29 is 9.18 Å². The van der Waals surface area contributed by atoms with E-state index in [0.717, 1.165) is 47.2 Å². The van der Waals surface area contributed by atoms with Gasteiger partial charge in [-0.25, -0.2) is 4.39 Å². The molecule has 0 atom stereocenters. The third-order valence-corrected chi connectivity index (χ3v) is 7.52. The van der Waals surface area contributed by atoms with Crippen LogP contribution >= 0.6 is 0 Å². The molecule has 0 spiro atoms. The van der Waals surface area contributed by atoms with Crippen LogP contribution in [0, 0.1) is 25.6 Å². The summed E-state index contributed by atoms with van der Waals surface area (Å²) >= 11 is 0. The highest BCUT2D eigenvalue weighted by Gasteiger charge is 2.29. The third kappa shape index (κ3) is 6.24. The number of benzene rings is 3. The van der Waals surface area contributed by atoms with Crippen LogP contribution in [0.25, 0.3) is 6.08 Å². The molecule has 1 saturated heterocycles. The minimum absolute atomic E-state index is 0.112. The first-order valence-electron chi connectivity index (χ1n) is 13.7. The van der Waals surface area contributed by atoms with E-state index in [2.05, 4.69) is 75.1 Å². The first-order chi connectivity index (χ1) is 18.4. The Labute approximate surface area is 227 Å². The fraction of sp³-hybridized carbons (Fsp3) is 0.324. The molecule has 3 nitrogen and oxygen atoms in total. The van der Waals surface area contributed by atoms with Crippen LogP contribution in [0.4, 0.5) is 10.1 Å². The summed E-state index contributed by atoms with van der Waals surface area (Å²) in [6.45, 7) is 10.4. The number of hydrogen-bond donors (Lipinski definition) is 0. The monoisotopic (exact) mass is 510 g/mol. The molecule has 0 saturated carbocycles. The number of allylic oxidation sites excluding steroid dienone is 3. The standard InChI is InChI=1S/C34H39FN2O/c1-5-7-16-30-25(3)13-10-17-31(30)34(38)36-21-19-28(20-22-36)32(6-2)37(33-18-9-8-12-26(33)4)24-27-14-11-15-29(35)23-27/h6-18,23,28H,5,19-22,24H2,1-4H3/b16-7-,32-6+. The second kappa shape index (κ2) is 12.7. The molecular weight excluding hydrogens is 471 g/mol. The molecule has 4 rings (SSSR count). The van der Waals surface area contributed by atoms with E-state index in [9.17, 15) is 9.18 Å². The quantitative estimate of drug-likeness (QED) is 0.304. The Hall–Kier alpha value is -3.66. The molecule has 0 unspecified atom stereocenters. The number of piperidine rings is 1. The molecule has 1 fully saturated rings. The molecule has 1 amide bonds. The molecule has 1 aliphatic heterocycles. The summed E-state index contributed by atoms with van der Waals surface area (Å²) in [5.41, 5.74) is 7.42. The molecule has 0 aromatic heterocycles. The van der Waals surface area contributed by atoms with E-state index in [1.54, 1.807) is 12.1 Å². The molecule has 1 heterocycles. The lowest BCUT2D eigenvalue weighted by molar-refractivity contribution is 0.0701. The fourth-order valence-corrected chi connectivity index (χ4v) is 5.48. The van der Waals surface area contributed by atoms with Crippen molar-refractivity contribution in [2.24, 2.45) is 5.92 Å². The first-order valence-corrected chi connectivity index (χ1v) is 13.7. The van der Waals surface area contributed by atoms with Crippen molar-refractivity contribution in [1.29, 1.82) is 0 Å². The number of nitrogens with zero attached hydrogens (tertiary/aromatic N) is 2. The summed E-state index contributed by atoms with van der Waals surface area (Å²) in [5.74, 6) is 0.208. The van der Waals surface area contributed by atoms with Gasteiger partial charge in [0.1, 0.15) is 5.82 Å². The molecule has 0 aliphatic carbocycles. The number of amides is 1. The van der Waals surface area contributed by atoms with Crippen LogP contribution in [-0.2, 0) is 6.54 Å². The summed E-state index contributed by atoms with van der Waals surface area (Å²) in [4.78, 5) is 17.9. The first kappa shape index (κ1) is 27.4. The number of rotatable bonds is 8. The number of halogens is 1. The molecule has 3 aromatic carbocycles. The Kier molecular flexibility index (Phi) is 9.17. The van der Waals surface area contributed by atoms with Gasteiger partial charge in [0.2, 0.25) is 0 Å². The van der Waals surface area contributed by atoms with Crippen LogP contribution in [0.15, 0.2) is 84.6 Å². The average molecular weight is 511 g/mol. The molecule has 0 bridgehead atoms. The Balaban J connectivity index is 1.55. The minimum atomic E-state index is -0.217.